The van der Waals surface area contributed by atoms with E-state index in [0.717, 1.165) is 57.3 Å². The second kappa shape index (κ2) is 16.7. The molecule has 2 aromatic rings. The van der Waals surface area contributed by atoms with Crippen LogP contribution in [0.2, 0.25) is 0 Å². The number of piperidine rings is 2. The van der Waals surface area contributed by atoms with Crippen molar-refractivity contribution in [3.8, 4) is 23.7 Å². The van der Waals surface area contributed by atoms with Crippen LogP contribution in [0.15, 0.2) is 48.5 Å². The summed E-state index contributed by atoms with van der Waals surface area (Å²) in [5, 5.41) is 4.20. The number of rotatable bonds is 9. The Bertz CT molecular complexity index is 1770. The molecular formula is C38H53BrN4O4S2. The fourth-order valence-corrected chi connectivity index (χ4v) is 8.96. The summed E-state index contributed by atoms with van der Waals surface area (Å²) in [4.78, 5) is 2.44. The van der Waals surface area contributed by atoms with Gasteiger partial charge in [0.15, 0.2) is 0 Å². The average molecular weight is 774 g/mol. The molecule has 4 atom stereocenters. The van der Waals surface area contributed by atoms with Gasteiger partial charge in [0.05, 0.1) is 24.4 Å². The maximum atomic E-state index is 11.4. The molecule has 268 valence electrons. The largest absolute Gasteiger partial charge is 0.316 e. The van der Waals surface area contributed by atoms with E-state index in [9.17, 15) is 16.8 Å². The highest BCUT2D eigenvalue weighted by molar-refractivity contribution is 9.09. The second-order valence-electron chi connectivity index (χ2n) is 14.1. The number of sulfonamides is 2. The minimum absolute atomic E-state index is 0.169. The van der Waals surface area contributed by atoms with Crippen LogP contribution in [-0.4, -0.2) is 72.3 Å². The van der Waals surface area contributed by atoms with Crippen molar-refractivity contribution in [2.45, 2.75) is 64.2 Å². The highest BCUT2D eigenvalue weighted by atomic mass is 79.9. The van der Waals surface area contributed by atoms with E-state index in [1.165, 1.54) is 30.1 Å². The average Bonchev–Trinajstić information content (AvgIpc) is 3.51. The van der Waals surface area contributed by atoms with Crippen molar-refractivity contribution in [3.05, 3.63) is 59.7 Å². The number of hydrogen-bond donors (Lipinski definition) is 3. The lowest BCUT2D eigenvalue weighted by atomic mass is 9.92. The Morgan fingerprint density at radius 2 is 1.20 bits per heavy atom. The summed E-state index contributed by atoms with van der Waals surface area (Å²) in [5.41, 5.74) is 4.19. The summed E-state index contributed by atoms with van der Waals surface area (Å²) in [6, 6.07) is 15.7. The van der Waals surface area contributed by atoms with E-state index in [1.807, 2.05) is 30.3 Å². The van der Waals surface area contributed by atoms with Crippen LogP contribution in [0.1, 0.15) is 64.5 Å². The van der Waals surface area contributed by atoms with Crippen molar-refractivity contribution in [3.63, 3.8) is 0 Å². The van der Waals surface area contributed by atoms with Crippen molar-refractivity contribution >= 4 is 47.4 Å². The first-order chi connectivity index (χ1) is 23.2. The third kappa shape index (κ3) is 10.3. The lowest BCUT2D eigenvalue weighted by Gasteiger charge is -2.23. The Morgan fingerprint density at radius 1 is 0.755 bits per heavy atom. The molecule has 0 aromatic heterocycles. The number of anilines is 2. The Kier molecular flexibility index (Phi) is 13.3. The van der Waals surface area contributed by atoms with Gasteiger partial charge in [-0.3, -0.25) is 14.3 Å². The molecule has 2 aliphatic heterocycles. The third-order valence-electron chi connectivity index (χ3n) is 10.4. The Balaban J connectivity index is 0.000000190. The van der Waals surface area contributed by atoms with Crippen molar-refractivity contribution < 1.29 is 16.8 Å². The quantitative estimate of drug-likeness (QED) is 0.212. The first-order valence-corrected chi connectivity index (χ1v) is 22.1. The molecule has 4 fully saturated rings. The number of hydrogen-bond acceptors (Lipinski definition) is 6. The van der Waals surface area contributed by atoms with E-state index in [4.69, 9.17) is 0 Å². The van der Waals surface area contributed by atoms with Gasteiger partial charge in [0, 0.05) is 48.1 Å². The molecule has 2 saturated carbocycles. The van der Waals surface area contributed by atoms with Gasteiger partial charge in [-0.05, 0) is 85.0 Å². The van der Waals surface area contributed by atoms with Gasteiger partial charge in [-0.1, -0.05) is 79.7 Å². The second-order valence-corrected chi connectivity index (χ2v) is 18.2. The zero-order valence-corrected chi connectivity index (χ0v) is 33.0. The molecule has 2 heterocycles. The van der Waals surface area contributed by atoms with Crippen LogP contribution < -0.4 is 14.8 Å². The number of nitrogens with one attached hydrogen (secondary N) is 3. The lowest BCUT2D eigenvalue weighted by molar-refractivity contribution is 0.308. The van der Waals surface area contributed by atoms with E-state index in [2.05, 4.69) is 99.1 Å². The summed E-state index contributed by atoms with van der Waals surface area (Å²) < 4.78 is 50.5. The summed E-state index contributed by atoms with van der Waals surface area (Å²) >= 11 is 3.21. The first-order valence-electron chi connectivity index (χ1n) is 17.2. The van der Waals surface area contributed by atoms with E-state index >= 15 is 0 Å². The maximum Gasteiger partial charge on any atom is 0.229 e. The number of fused-ring (bicyclic) bond motifs is 2. The number of halogens is 1. The topological polar surface area (TPSA) is 108 Å². The maximum absolute atomic E-state index is 11.4. The molecule has 0 radical (unpaired) electrons. The van der Waals surface area contributed by atoms with Gasteiger partial charge < -0.3 is 5.32 Å². The Labute approximate surface area is 304 Å². The van der Waals surface area contributed by atoms with Crippen LogP contribution in [0.3, 0.4) is 0 Å². The van der Waals surface area contributed by atoms with Gasteiger partial charge in [-0.15, -0.1) is 11.8 Å². The molecule has 3 N–H and O–H groups in total. The molecule has 2 aliphatic carbocycles. The van der Waals surface area contributed by atoms with Gasteiger partial charge in [-0.25, -0.2) is 16.8 Å². The Morgan fingerprint density at radius 3 is 1.63 bits per heavy atom. The molecule has 0 bridgehead atoms. The number of unbranched alkanes of at least 4 members (excludes halogenated alkanes) is 2. The van der Waals surface area contributed by atoms with Gasteiger partial charge in [0.1, 0.15) is 0 Å². The number of alkyl halides is 1. The molecule has 6 rings (SSSR count). The van der Waals surface area contributed by atoms with Gasteiger partial charge in [-0.2, -0.15) is 0 Å². The zero-order valence-electron chi connectivity index (χ0n) is 29.8. The standard InChI is InChI=1S/C19H26N2O2S.C13H18N2O2S.C6H9Br/c1-4-5-6-7-11-21-13-17-18(14-21)19(17,2)15-9-8-10-16(12-15)20-24(3,22)23;1-13(11-7-14-8-12(11)13)9-4-3-5-10(6-9)15-18(2,16)17;1-2-3-4-5-6-7/h8-10,12,17-18,20H,4-5,11,13-14H2,1-3H3;3-6,11-12,14-15H,7-8H2,1-2H3;2-3,6H2,1H3. The van der Waals surface area contributed by atoms with Gasteiger partial charge >= 0.3 is 0 Å². The lowest BCUT2D eigenvalue weighted by Crippen LogP contribution is -2.29. The Hall–Kier alpha value is -2.54. The fourth-order valence-electron chi connectivity index (χ4n) is 7.65. The number of likely N-dealkylation sites (tertiary alicyclic amines) is 1. The SMILES string of the molecule is CC1(c2cccc(NS(C)(=O)=O)c2)C2CNCC21.CCCC#CCBr.CCCC#CCN1CC2C(C1)C2(C)c1cccc(NS(C)(=O)=O)c1. The molecule has 4 unspecified atom stereocenters. The van der Waals surface area contributed by atoms with Crippen LogP contribution >= 0.6 is 15.9 Å². The monoisotopic (exact) mass is 772 g/mol. The van der Waals surface area contributed by atoms with Crippen molar-refractivity contribution in [1.29, 1.82) is 0 Å². The minimum Gasteiger partial charge on any atom is -0.316 e. The smallest absolute Gasteiger partial charge is 0.229 e. The van der Waals surface area contributed by atoms with Crippen molar-refractivity contribution in [2.24, 2.45) is 23.7 Å². The molecule has 49 heavy (non-hydrogen) atoms. The van der Waals surface area contributed by atoms with E-state index in [-0.39, 0.29) is 10.8 Å². The van der Waals surface area contributed by atoms with E-state index in [1.54, 1.807) is 6.07 Å². The molecule has 11 heteroatoms. The molecular weight excluding hydrogens is 720 g/mol. The predicted octanol–water partition coefficient (Wildman–Crippen LogP) is 6.03. The normalized spacial score (nSPS) is 27.7. The highest BCUT2D eigenvalue weighted by Gasteiger charge is 2.65. The molecule has 2 aromatic carbocycles. The highest BCUT2D eigenvalue weighted by Crippen LogP contribution is 2.63. The molecule has 0 amide bonds. The number of nitrogens with zero attached hydrogens (tertiary/aromatic N) is 1. The summed E-state index contributed by atoms with van der Waals surface area (Å²) in [6.45, 7) is 14.1. The third-order valence-corrected chi connectivity index (χ3v) is 11.9. The van der Waals surface area contributed by atoms with Crippen LogP contribution in [-0.2, 0) is 30.9 Å². The molecule has 2 saturated heterocycles. The van der Waals surface area contributed by atoms with E-state index < -0.39 is 20.0 Å². The molecule has 4 aliphatic rings. The summed E-state index contributed by atoms with van der Waals surface area (Å²) in [7, 11) is -6.43. The van der Waals surface area contributed by atoms with Crippen LogP contribution in [0.5, 0.6) is 0 Å². The van der Waals surface area contributed by atoms with Crippen LogP contribution in [0.25, 0.3) is 0 Å². The number of benzene rings is 2. The minimum atomic E-state index is -3.23. The summed E-state index contributed by atoms with van der Waals surface area (Å²) in [6.07, 6.45) is 6.67. The van der Waals surface area contributed by atoms with Crippen molar-refractivity contribution in [2.75, 3.05) is 60.0 Å². The summed E-state index contributed by atoms with van der Waals surface area (Å²) in [5.74, 6) is 15.1. The van der Waals surface area contributed by atoms with Crippen LogP contribution in [0.4, 0.5) is 11.4 Å². The van der Waals surface area contributed by atoms with Gasteiger partial charge in [0.2, 0.25) is 20.0 Å². The predicted molar refractivity (Wildman–Crippen MR) is 207 cm³/mol. The molecule has 8 nitrogen and oxygen atoms in total. The fraction of sp³-hybridized carbons (Fsp3) is 0.579. The van der Waals surface area contributed by atoms with Crippen molar-refractivity contribution in [1.82, 2.24) is 10.2 Å². The van der Waals surface area contributed by atoms with Gasteiger partial charge in [0.25, 0.3) is 0 Å². The zero-order chi connectivity index (χ0) is 35.9. The first kappa shape index (κ1) is 39.2. The van der Waals surface area contributed by atoms with Crippen LogP contribution in [0, 0.1) is 47.4 Å². The molecule has 0 spiro atoms. The van der Waals surface area contributed by atoms with E-state index in [0.29, 0.717) is 35.0 Å².